The topological polar surface area (TPSA) is 60.5 Å². The summed E-state index contributed by atoms with van der Waals surface area (Å²) in [4.78, 5) is 14.3. The van der Waals surface area contributed by atoms with Gasteiger partial charge in [-0.3, -0.25) is 9.36 Å². The molecule has 1 aliphatic heterocycles. The van der Waals surface area contributed by atoms with Crippen LogP contribution in [0, 0.1) is 20.8 Å². The van der Waals surface area contributed by atoms with E-state index in [1.165, 1.54) is 0 Å². The second-order valence-corrected chi connectivity index (χ2v) is 6.79. The highest BCUT2D eigenvalue weighted by Crippen LogP contribution is 2.22. The molecule has 2 aromatic heterocycles. The number of ether oxygens (including phenoxy) is 1. The van der Waals surface area contributed by atoms with Crippen molar-refractivity contribution in [2.24, 2.45) is 0 Å². The van der Waals surface area contributed by atoms with Crippen molar-refractivity contribution in [3.05, 3.63) is 40.9 Å². The van der Waals surface area contributed by atoms with Crippen molar-refractivity contribution < 1.29 is 14.1 Å². The zero-order chi connectivity index (χ0) is 18.1. The first-order valence-corrected chi connectivity index (χ1v) is 8.60. The summed E-state index contributed by atoms with van der Waals surface area (Å²) in [5.74, 6) is 1.55. The van der Waals surface area contributed by atoms with E-state index >= 15 is 0 Å². The molecule has 134 valence electrons. The molecule has 6 nitrogen and oxygen atoms in total. The highest BCUT2D eigenvalue weighted by atomic mass is 16.5. The van der Waals surface area contributed by atoms with Gasteiger partial charge in [0.15, 0.2) is 5.82 Å². The molecule has 1 fully saturated rings. The second kappa shape index (κ2) is 6.88. The van der Waals surface area contributed by atoms with Crippen LogP contribution < -0.4 is 0 Å². The summed E-state index contributed by atoms with van der Waals surface area (Å²) in [7, 11) is 0. The van der Waals surface area contributed by atoms with E-state index in [9.17, 15) is 4.79 Å². The standard InChI is InChI=1S/C19H25N3O3/c1-12-8-17(16(5)22(12)18-9-13(2)25-20-18)6-7-19(23)21-10-14(3)24-15(4)11-21/h6-9,14-15H,10-11H2,1-5H3/b7-6+/t14-,15+. The molecule has 0 aliphatic carbocycles. The van der Waals surface area contributed by atoms with E-state index in [2.05, 4.69) is 5.16 Å². The number of hydrogen-bond acceptors (Lipinski definition) is 4. The molecule has 0 saturated carbocycles. The fraction of sp³-hybridized carbons (Fsp3) is 0.474. The van der Waals surface area contributed by atoms with Crippen LogP contribution in [0.4, 0.5) is 0 Å². The summed E-state index contributed by atoms with van der Waals surface area (Å²) < 4.78 is 12.9. The maximum Gasteiger partial charge on any atom is 0.246 e. The second-order valence-electron chi connectivity index (χ2n) is 6.79. The maximum atomic E-state index is 12.5. The lowest BCUT2D eigenvalue weighted by Gasteiger charge is -2.34. The summed E-state index contributed by atoms with van der Waals surface area (Å²) in [5, 5.41) is 4.08. The smallest absolute Gasteiger partial charge is 0.246 e. The number of morpholine rings is 1. The number of carbonyl (C=O) groups is 1. The van der Waals surface area contributed by atoms with E-state index in [0.717, 1.165) is 28.5 Å². The minimum absolute atomic E-state index is 0.0177. The Labute approximate surface area is 148 Å². The molecule has 6 heteroatoms. The third-order valence-electron chi connectivity index (χ3n) is 4.45. The molecule has 2 aromatic rings. The number of rotatable bonds is 3. The number of aryl methyl sites for hydroxylation is 2. The van der Waals surface area contributed by atoms with Gasteiger partial charge in [0, 0.05) is 36.6 Å². The molecular formula is C19H25N3O3. The van der Waals surface area contributed by atoms with Crippen LogP contribution in [-0.4, -0.2) is 45.8 Å². The van der Waals surface area contributed by atoms with Crippen LogP contribution in [0.15, 0.2) is 22.7 Å². The Bertz CT molecular complexity index is 793. The van der Waals surface area contributed by atoms with Crippen molar-refractivity contribution in [2.75, 3.05) is 13.1 Å². The highest BCUT2D eigenvalue weighted by Gasteiger charge is 2.24. The molecule has 0 radical (unpaired) electrons. The summed E-state index contributed by atoms with van der Waals surface area (Å²) in [5.41, 5.74) is 3.07. The van der Waals surface area contributed by atoms with Gasteiger partial charge < -0.3 is 14.2 Å². The first kappa shape index (κ1) is 17.5. The lowest BCUT2D eigenvalue weighted by molar-refractivity contribution is -0.137. The first-order chi connectivity index (χ1) is 11.8. The van der Waals surface area contributed by atoms with Gasteiger partial charge in [-0.1, -0.05) is 5.16 Å². The summed E-state index contributed by atoms with van der Waals surface area (Å²) in [6, 6.07) is 3.95. The van der Waals surface area contributed by atoms with Crippen molar-refractivity contribution in [2.45, 2.75) is 46.8 Å². The van der Waals surface area contributed by atoms with Gasteiger partial charge in [-0.15, -0.1) is 0 Å². The van der Waals surface area contributed by atoms with Crippen LogP contribution in [0.5, 0.6) is 0 Å². The highest BCUT2D eigenvalue weighted by molar-refractivity contribution is 5.92. The van der Waals surface area contributed by atoms with Gasteiger partial charge in [0.1, 0.15) is 5.76 Å². The average molecular weight is 343 g/mol. The minimum Gasteiger partial charge on any atom is -0.372 e. The fourth-order valence-electron chi connectivity index (χ4n) is 3.39. The van der Waals surface area contributed by atoms with E-state index < -0.39 is 0 Å². The lowest BCUT2D eigenvalue weighted by atomic mass is 10.2. The molecule has 0 aromatic carbocycles. The van der Waals surface area contributed by atoms with Gasteiger partial charge in [-0.25, -0.2) is 0 Å². The Kier molecular flexibility index (Phi) is 4.81. The zero-order valence-electron chi connectivity index (χ0n) is 15.4. The van der Waals surface area contributed by atoms with Crippen molar-refractivity contribution in [3.63, 3.8) is 0 Å². The van der Waals surface area contributed by atoms with Gasteiger partial charge >= 0.3 is 0 Å². The van der Waals surface area contributed by atoms with Gasteiger partial charge in [-0.05, 0) is 52.3 Å². The molecule has 3 heterocycles. The van der Waals surface area contributed by atoms with Gasteiger partial charge in [0.2, 0.25) is 5.91 Å². The number of aromatic nitrogens is 2. The summed E-state index contributed by atoms with van der Waals surface area (Å²) in [6.07, 6.45) is 3.66. The SMILES string of the molecule is Cc1cc(-n2c(C)cc(/C=C/C(=O)N3C[C@@H](C)O[C@@H](C)C3)c2C)no1. The Hall–Kier alpha value is -2.34. The maximum absolute atomic E-state index is 12.5. The van der Waals surface area contributed by atoms with Crippen molar-refractivity contribution in [1.29, 1.82) is 0 Å². The fourth-order valence-corrected chi connectivity index (χ4v) is 3.39. The molecule has 1 saturated heterocycles. The quantitative estimate of drug-likeness (QED) is 0.804. The Morgan fingerprint density at radius 1 is 1.20 bits per heavy atom. The number of amides is 1. The largest absolute Gasteiger partial charge is 0.372 e. The van der Waals surface area contributed by atoms with E-state index in [1.54, 1.807) is 6.08 Å². The molecule has 0 bridgehead atoms. The molecule has 2 atom stereocenters. The van der Waals surface area contributed by atoms with Crippen LogP contribution in [0.2, 0.25) is 0 Å². The average Bonchev–Trinajstić information content (AvgIpc) is 3.07. The van der Waals surface area contributed by atoms with Crippen LogP contribution >= 0.6 is 0 Å². The molecule has 1 amide bonds. The van der Waals surface area contributed by atoms with E-state index in [4.69, 9.17) is 9.26 Å². The van der Waals surface area contributed by atoms with Gasteiger partial charge in [0.05, 0.1) is 12.2 Å². The Balaban J connectivity index is 1.79. The summed E-state index contributed by atoms with van der Waals surface area (Å²) >= 11 is 0. The van der Waals surface area contributed by atoms with Crippen molar-refractivity contribution in [1.82, 2.24) is 14.6 Å². The first-order valence-electron chi connectivity index (χ1n) is 8.60. The molecule has 0 unspecified atom stereocenters. The Morgan fingerprint density at radius 3 is 2.48 bits per heavy atom. The van der Waals surface area contributed by atoms with E-state index in [1.807, 2.05) is 62.3 Å². The van der Waals surface area contributed by atoms with Crippen LogP contribution in [0.3, 0.4) is 0 Å². The number of hydrogen-bond donors (Lipinski definition) is 0. The predicted molar refractivity (Wildman–Crippen MR) is 95.7 cm³/mol. The molecule has 3 rings (SSSR count). The minimum atomic E-state index is 0.0177. The molecule has 0 N–H and O–H groups in total. The van der Waals surface area contributed by atoms with Crippen molar-refractivity contribution >= 4 is 12.0 Å². The lowest BCUT2D eigenvalue weighted by Crippen LogP contribution is -2.47. The predicted octanol–water partition coefficient (Wildman–Crippen LogP) is 3.04. The Morgan fingerprint density at radius 2 is 1.88 bits per heavy atom. The van der Waals surface area contributed by atoms with Crippen LogP contribution in [0.25, 0.3) is 11.9 Å². The normalized spacial score (nSPS) is 21.2. The van der Waals surface area contributed by atoms with Crippen molar-refractivity contribution in [3.8, 4) is 5.82 Å². The van der Waals surface area contributed by atoms with Crippen LogP contribution in [0.1, 0.15) is 36.6 Å². The monoisotopic (exact) mass is 343 g/mol. The third-order valence-corrected chi connectivity index (χ3v) is 4.45. The zero-order valence-corrected chi connectivity index (χ0v) is 15.4. The van der Waals surface area contributed by atoms with Crippen LogP contribution in [-0.2, 0) is 9.53 Å². The molecule has 1 aliphatic rings. The van der Waals surface area contributed by atoms with E-state index in [0.29, 0.717) is 13.1 Å². The molecule has 25 heavy (non-hydrogen) atoms. The molecular weight excluding hydrogens is 318 g/mol. The number of nitrogens with zero attached hydrogens (tertiary/aromatic N) is 3. The van der Waals surface area contributed by atoms with E-state index in [-0.39, 0.29) is 18.1 Å². The summed E-state index contributed by atoms with van der Waals surface area (Å²) in [6.45, 7) is 11.1. The molecule has 0 spiro atoms. The van der Waals surface area contributed by atoms with Gasteiger partial charge in [-0.2, -0.15) is 0 Å². The van der Waals surface area contributed by atoms with Gasteiger partial charge in [0.25, 0.3) is 0 Å². The third kappa shape index (κ3) is 3.69. The number of carbonyl (C=O) groups excluding carboxylic acids is 1.